The fourth-order valence-corrected chi connectivity index (χ4v) is 2.94. The summed E-state index contributed by atoms with van der Waals surface area (Å²) in [6.07, 6.45) is -10.1. The molecule has 10 atom stereocenters. The van der Waals surface area contributed by atoms with E-state index in [1.807, 2.05) is 0 Å². The van der Waals surface area contributed by atoms with E-state index in [1.165, 1.54) is 0 Å². The third-order valence-electron chi connectivity index (χ3n) is 4.50. The largest absolute Gasteiger partial charge is 0.396 e. The maximum Gasteiger partial charge on any atom is 0.187 e. The van der Waals surface area contributed by atoms with Crippen molar-refractivity contribution in [2.75, 3.05) is 13.2 Å². The van der Waals surface area contributed by atoms with Crippen LogP contribution in [0.2, 0.25) is 0 Å². The summed E-state index contributed by atoms with van der Waals surface area (Å²) in [6.45, 7) is 2.50. The molecule has 6 N–H and O–H groups in total. The van der Waals surface area contributed by atoms with Crippen molar-refractivity contribution in [1.82, 2.24) is 0 Å². The number of hydrogen-bond acceptors (Lipinski definition) is 9. The Morgan fingerprint density at radius 2 is 1.61 bits per heavy atom. The molecule has 9 heteroatoms. The molecule has 136 valence electrons. The van der Waals surface area contributed by atoms with Gasteiger partial charge in [0.05, 0.1) is 18.8 Å². The van der Waals surface area contributed by atoms with Gasteiger partial charge in [-0.2, -0.15) is 0 Å². The Labute approximate surface area is 134 Å². The summed E-state index contributed by atoms with van der Waals surface area (Å²) in [4.78, 5) is 0. The van der Waals surface area contributed by atoms with Gasteiger partial charge in [-0.05, 0) is 6.92 Å². The van der Waals surface area contributed by atoms with Crippen molar-refractivity contribution in [3.05, 3.63) is 0 Å². The van der Waals surface area contributed by atoms with Crippen molar-refractivity contribution in [3.8, 4) is 0 Å². The molecule has 0 amide bonds. The maximum absolute atomic E-state index is 10.1. The van der Waals surface area contributed by atoms with Gasteiger partial charge in [-0.25, -0.2) is 0 Å². The van der Waals surface area contributed by atoms with Gasteiger partial charge in [0, 0.05) is 12.5 Å². The number of rotatable bonds is 5. The lowest BCUT2D eigenvalue weighted by Gasteiger charge is -2.42. The van der Waals surface area contributed by atoms with Crippen LogP contribution in [-0.4, -0.2) is 99.0 Å². The summed E-state index contributed by atoms with van der Waals surface area (Å²) in [5, 5.41) is 58.7. The summed E-state index contributed by atoms with van der Waals surface area (Å²) in [5.74, 6) is -0.429. The van der Waals surface area contributed by atoms with Crippen LogP contribution < -0.4 is 0 Å². The van der Waals surface area contributed by atoms with Crippen LogP contribution in [-0.2, 0) is 14.2 Å². The molecule has 0 radical (unpaired) electrons. The third kappa shape index (κ3) is 3.68. The summed E-state index contributed by atoms with van der Waals surface area (Å²) in [6, 6.07) is 0. The molecule has 2 fully saturated rings. The van der Waals surface area contributed by atoms with Gasteiger partial charge < -0.3 is 44.8 Å². The molecule has 2 rings (SSSR count). The fraction of sp³-hybridized carbons (Fsp3) is 1.00. The lowest BCUT2D eigenvalue weighted by Crippen LogP contribution is -2.60. The first kappa shape index (κ1) is 19.0. The average molecular weight is 338 g/mol. The molecule has 23 heavy (non-hydrogen) atoms. The van der Waals surface area contributed by atoms with Crippen LogP contribution in [0.15, 0.2) is 0 Å². The zero-order valence-corrected chi connectivity index (χ0v) is 13.1. The second kappa shape index (κ2) is 7.68. The molecular weight excluding hydrogens is 312 g/mol. The van der Waals surface area contributed by atoms with E-state index in [0.29, 0.717) is 0 Å². The van der Waals surface area contributed by atoms with Crippen LogP contribution >= 0.6 is 0 Å². The van der Waals surface area contributed by atoms with Crippen LogP contribution in [0.1, 0.15) is 13.8 Å². The van der Waals surface area contributed by atoms with Gasteiger partial charge in [-0.3, -0.25) is 0 Å². The van der Waals surface area contributed by atoms with Crippen molar-refractivity contribution in [1.29, 1.82) is 0 Å². The normalized spacial score (nSPS) is 49.3. The van der Waals surface area contributed by atoms with E-state index < -0.39 is 67.6 Å². The zero-order chi connectivity index (χ0) is 17.3. The highest BCUT2D eigenvalue weighted by Gasteiger charge is 2.50. The standard InChI is InChI=1S/C14H26O9/c1-5(3-15)12-10(19)11(20)14(22-12)23-13-8(17)6(2)21-7(4-16)9(13)18/h5-20H,3-4H2,1-2H3/t5-,6?,7?,8?,9+,10?,11?,12+,13?,14+/m1/s1. The van der Waals surface area contributed by atoms with E-state index in [9.17, 15) is 25.5 Å². The summed E-state index contributed by atoms with van der Waals surface area (Å²) >= 11 is 0. The van der Waals surface area contributed by atoms with Crippen LogP contribution in [0.25, 0.3) is 0 Å². The highest BCUT2D eigenvalue weighted by molar-refractivity contribution is 4.95. The Balaban J connectivity index is 2.07. The molecule has 6 unspecified atom stereocenters. The van der Waals surface area contributed by atoms with Crippen molar-refractivity contribution < 1.29 is 44.8 Å². The van der Waals surface area contributed by atoms with Crippen LogP contribution in [0.4, 0.5) is 0 Å². The first-order chi connectivity index (χ1) is 10.8. The molecule has 0 saturated carbocycles. The van der Waals surface area contributed by atoms with Gasteiger partial charge in [-0.1, -0.05) is 6.92 Å². The van der Waals surface area contributed by atoms with E-state index in [0.717, 1.165) is 0 Å². The highest BCUT2D eigenvalue weighted by atomic mass is 16.7. The molecule has 0 spiro atoms. The van der Waals surface area contributed by atoms with E-state index in [2.05, 4.69) is 0 Å². The van der Waals surface area contributed by atoms with Gasteiger partial charge >= 0.3 is 0 Å². The Bertz CT molecular complexity index is 381. The number of aliphatic hydroxyl groups excluding tert-OH is 6. The lowest BCUT2D eigenvalue weighted by molar-refractivity contribution is -0.285. The molecule has 0 bridgehead atoms. The molecule has 0 aromatic carbocycles. The van der Waals surface area contributed by atoms with Crippen LogP contribution in [0.3, 0.4) is 0 Å². The molecule has 0 aromatic rings. The minimum atomic E-state index is -1.39. The fourth-order valence-electron chi connectivity index (χ4n) is 2.94. The smallest absolute Gasteiger partial charge is 0.187 e. The van der Waals surface area contributed by atoms with E-state index in [-0.39, 0.29) is 6.61 Å². The number of hydrogen-bond donors (Lipinski definition) is 6. The maximum atomic E-state index is 10.1. The zero-order valence-electron chi connectivity index (χ0n) is 13.1. The number of aliphatic hydroxyl groups is 6. The molecule has 9 nitrogen and oxygen atoms in total. The second-order valence-electron chi connectivity index (χ2n) is 6.25. The summed E-state index contributed by atoms with van der Waals surface area (Å²) < 4.78 is 16.2. The van der Waals surface area contributed by atoms with Gasteiger partial charge in [0.25, 0.3) is 0 Å². The third-order valence-corrected chi connectivity index (χ3v) is 4.50. The lowest BCUT2D eigenvalue weighted by atomic mass is 9.95. The first-order valence-corrected chi connectivity index (χ1v) is 7.72. The quantitative estimate of drug-likeness (QED) is 0.307. The van der Waals surface area contributed by atoms with Crippen molar-refractivity contribution in [2.24, 2.45) is 5.92 Å². The molecule has 2 aliphatic rings. The Morgan fingerprint density at radius 3 is 2.17 bits per heavy atom. The minimum absolute atomic E-state index is 0.243. The van der Waals surface area contributed by atoms with Gasteiger partial charge in [0.2, 0.25) is 0 Å². The first-order valence-electron chi connectivity index (χ1n) is 7.72. The predicted molar refractivity (Wildman–Crippen MR) is 75.2 cm³/mol. The van der Waals surface area contributed by atoms with Crippen LogP contribution in [0, 0.1) is 5.92 Å². The highest BCUT2D eigenvalue weighted by Crippen LogP contribution is 2.31. The summed E-state index contributed by atoms with van der Waals surface area (Å²) in [5.41, 5.74) is 0. The minimum Gasteiger partial charge on any atom is -0.396 e. The van der Waals surface area contributed by atoms with E-state index >= 15 is 0 Å². The predicted octanol–water partition coefficient (Wildman–Crippen LogP) is -3.05. The molecule has 2 heterocycles. The van der Waals surface area contributed by atoms with E-state index in [4.69, 9.17) is 19.3 Å². The second-order valence-corrected chi connectivity index (χ2v) is 6.25. The van der Waals surface area contributed by atoms with E-state index in [1.54, 1.807) is 13.8 Å². The van der Waals surface area contributed by atoms with Crippen molar-refractivity contribution in [2.45, 2.75) is 69.0 Å². The molecule has 2 saturated heterocycles. The Kier molecular flexibility index (Phi) is 6.34. The SMILES string of the molecule is CC1OC(CO)[C@H](O)C(O[C@@H]2O[C@@H]([C@H](C)CO)C(O)C2O)C1O. The molecule has 2 aliphatic heterocycles. The topological polar surface area (TPSA) is 149 Å². The molecule has 0 aliphatic carbocycles. The molecule has 0 aromatic heterocycles. The van der Waals surface area contributed by atoms with Crippen molar-refractivity contribution >= 4 is 0 Å². The Morgan fingerprint density at radius 1 is 0.957 bits per heavy atom. The van der Waals surface area contributed by atoms with Crippen LogP contribution in [0.5, 0.6) is 0 Å². The van der Waals surface area contributed by atoms with Gasteiger partial charge in [0.1, 0.15) is 36.6 Å². The molecular formula is C14H26O9. The number of ether oxygens (including phenoxy) is 3. The van der Waals surface area contributed by atoms with Gasteiger partial charge in [-0.15, -0.1) is 0 Å². The van der Waals surface area contributed by atoms with Gasteiger partial charge in [0.15, 0.2) is 6.29 Å². The van der Waals surface area contributed by atoms with Crippen molar-refractivity contribution in [3.63, 3.8) is 0 Å². The average Bonchev–Trinajstić information content (AvgIpc) is 2.82. The summed E-state index contributed by atoms with van der Waals surface area (Å²) in [7, 11) is 0. The monoisotopic (exact) mass is 338 g/mol. The Hall–Kier alpha value is -0.360.